The van der Waals surface area contributed by atoms with Gasteiger partial charge >= 0.3 is 0 Å². The van der Waals surface area contributed by atoms with Crippen LogP contribution in [0.15, 0.2) is 29.6 Å². The fraction of sp³-hybridized carbons (Fsp3) is 0.500. The molecule has 1 fully saturated rings. The molecule has 1 aliphatic rings. The number of rotatable bonds is 5. The second-order valence-corrected chi connectivity index (χ2v) is 6.19. The molecule has 0 spiro atoms. The molecular formula is C16H21NS. The molecule has 1 saturated carbocycles. The normalized spacial score (nSPS) is 22.8. The van der Waals surface area contributed by atoms with Gasteiger partial charge < -0.3 is 4.90 Å². The maximum atomic E-state index is 2.55. The zero-order chi connectivity index (χ0) is 12.5. The molecular weight excluding hydrogens is 238 g/mol. The van der Waals surface area contributed by atoms with Gasteiger partial charge in [0, 0.05) is 11.2 Å². The zero-order valence-electron chi connectivity index (χ0n) is 11.2. The number of hydrogen-bond donors (Lipinski definition) is 0. The highest BCUT2D eigenvalue weighted by molar-refractivity contribution is 7.17. The topological polar surface area (TPSA) is 3.24 Å². The van der Waals surface area contributed by atoms with Gasteiger partial charge in [-0.1, -0.05) is 32.0 Å². The van der Waals surface area contributed by atoms with Crippen molar-refractivity contribution < 1.29 is 0 Å². The van der Waals surface area contributed by atoms with Gasteiger partial charge in [-0.25, -0.2) is 0 Å². The minimum absolute atomic E-state index is 0.821. The predicted octanol–water partition coefficient (Wildman–Crippen LogP) is 4.35. The van der Waals surface area contributed by atoms with Gasteiger partial charge in [0.05, 0.1) is 0 Å². The van der Waals surface area contributed by atoms with Crippen LogP contribution < -0.4 is 0 Å². The summed E-state index contributed by atoms with van der Waals surface area (Å²) in [5.74, 6) is 1.71. The predicted molar refractivity (Wildman–Crippen MR) is 80.5 cm³/mol. The van der Waals surface area contributed by atoms with Crippen LogP contribution in [0.4, 0.5) is 0 Å². The van der Waals surface area contributed by atoms with Gasteiger partial charge in [0.25, 0.3) is 0 Å². The van der Waals surface area contributed by atoms with Crippen molar-refractivity contribution in [1.29, 1.82) is 0 Å². The minimum Gasteiger partial charge on any atom is -0.304 e. The van der Waals surface area contributed by atoms with E-state index in [0.717, 1.165) is 11.8 Å². The number of hydrogen-bond acceptors (Lipinski definition) is 2. The Hall–Kier alpha value is -0.860. The van der Waals surface area contributed by atoms with Gasteiger partial charge in [-0.3, -0.25) is 0 Å². The van der Waals surface area contributed by atoms with E-state index in [0.29, 0.717) is 0 Å². The molecule has 1 heterocycles. The Morgan fingerprint density at radius 3 is 2.78 bits per heavy atom. The van der Waals surface area contributed by atoms with Gasteiger partial charge in [0.1, 0.15) is 0 Å². The van der Waals surface area contributed by atoms with Crippen molar-refractivity contribution in [2.75, 3.05) is 19.6 Å². The van der Waals surface area contributed by atoms with Crippen molar-refractivity contribution in [2.45, 2.75) is 26.2 Å². The van der Waals surface area contributed by atoms with E-state index in [1.54, 1.807) is 5.56 Å². The first kappa shape index (κ1) is 12.2. The molecule has 0 amide bonds. The van der Waals surface area contributed by atoms with Crippen LogP contribution in [0.5, 0.6) is 0 Å². The molecule has 2 atom stereocenters. The number of benzene rings is 1. The third kappa shape index (κ3) is 2.19. The van der Waals surface area contributed by atoms with E-state index in [2.05, 4.69) is 48.4 Å². The summed E-state index contributed by atoms with van der Waals surface area (Å²) in [5.41, 5.74) is 1.60. The number of thiophene rings is 1. The Morgan fingerprint density at radius 2 is 2.00 bits per heavy atom. The first-order chi connectivity index (χ1) is 8.83. The largest absolute Gasteiger partial charge is 0.304 e. The minimum atomic E-state index is 0.821. The second-order valence-electron chi connectivity index (χ2n) is 5.28. The quantitative estimate of drug-likeness (QED) is 0.771. The Morgan fingerprint density at radius 1 is 1.22 bits per heavy atom. The lowest BCUT2D eigenvalue weighted by Gasteiger charge is -2.17. The molecule has 18 heavy (non-hydrogen) atoms. The van der Waals surface area contributed by atoms with Crippen LogP contribution in [0.3, 0.4) is 0 Å². The third-order valence-corrected chi connectivity index (χ3v) is 5.20. The summed E-state index contributed by atoms with van der Waals surface area (Å²) >= 11 is 1.90. The molecule has 0 saturated heterocycles. The SMILES string of the molecule is CCN(CC)CC1CC1c1csc2ccccc12. The highest BCUT2D eigenvalue weighted by Gasteiger charge is 2.40. The highest BCUT2D eigenvalue weighted by Crippen LogP contribution is 2.51. The van der Waals surface area contributed by atoms with Gasteiger partial charge in [-0.05, 0) is 53.7 Å². The highest BCUT2D eigenvalue weighted by atomic mass is 32.1. The van der Waals surface area contributed by atoms with E-state index in [9.17, 15) is 0 Å². The van der Waals surface area contributed by atoms with Crippen molar-refractivity contribution in [3.8, 4) is 0 Å². The lowest BCUT2D eigenvalue weighted by molar-refractivity contribution is 0.289. The van der Waals surface area contributed by atoms with E-state index in [4.69, 9.17) is 0 Å². The average Bonchev–Trinajstić information content (AvgIpc) is 3.04. The summed E-state index contributed by atoms with van der Waals surface area (Å²) in [6.45, 7) is 8.18. The Bertz CT molecular complexity index is 527. The lowest BCUT2D eigenvalue weighted by atomic mass is 10.1. The van der Waals surface area contributed by atoms with E-state index in [1.165, 1.54) is 36.1 Å². The van der Waals surface area contributed by atoms with Crippen LogP contribution in [0.25, 0.3) is 10.1 Å². The molecule has 0 bridgehead atoms. The summed E-state index contributed by atoms with van der Waals surface area (Å²) in [7, 11) is 0. The standard InChI is InChI=1S/C16H21NS/c1-3-17(4-2)10-12-9-14(12)15-11-18-16-8-6-5-7-13(15)16/h5-8,11-12,14H,3-4,9-10H2,1-2H3. The molecule has 0 N–H and O–H groups in total. The monoisotopic (exact) mass is 259 g/mol. The molecule has 2 heteroatoms. The molecule has 1 aliphatic carbocycles. The summed E-state index contributed by atoms with van der Waals surface area (Å²) < 4.78 is 1.45. The van der Waals surface area contributed by atoms with Crippen LogP contribution in [0, 0.1) is 5.92 Å². The first-order valence-corrected chi connectivity index (χ1v) is 7.90. The van der Waals surface area contributed by atoms with Crippen molar-refractivity contribution in [3.63, 3.8) is 0 Å². The molecule has 1 aromatic carbocycles. The fourth-order valence-corrected chi connectivity index (χ4v) is 3.95. The zero-order valence-corrected chi connectivity index (χ0v) is 12.0. The maximum Gasteiger partial charge on any atom is 0.0345 e. The first-order valence-electron chi connectivity index (χ1n) is 7.02. The Labute approximate surface area is 113 Å². The maximum absolute atomic E-state index is 2.55. The summed E-state index contributed by atoms with van der Waals surface area (Å²) in [4.78, 5) is 2.55. The summed E-state index contributed by atoms with van der Waals surface area (Å²) in [6, 6.07) is 8.84. The van der Waals surface area contributed by atoms with E-state index in [1.807, 2.05) is 11.3 Å². The van der Waals surface area contributed by atoms with Gasteiger partial charge in [-0.2, -0.15) is 0 Å². The summed E-state index contributed by atoms with van der Waals surface area (Å²) in [6.07, 6.45) is 1.39. The van der Waals surface area contributed by atoms with Crippen LogP contribution in [0.1, 0.15) is 31.7 Å². The molecule has 0 aliphatic heterocycles. The van der Waals surface area contributed by atoms with Crippen molar-refractivity contribution in [2.24, 2.45) is 5.92 Å². The van der Waals surface area contributed by atoms with E-state index in [-0.39, 0.29) is 0 Å². The van der Waals surface area contributed by atoms with Crippen LogP contribution in [-0.2, 0) is 0 Å². The third-order valence-electron chi connectivity index (χ3n) is 4.22. The van der Waals surface area contributed by atoms with Crippen LogP contribution in [-0.4, -0.2) is 24.5 Å². The van der Waals surface area contributed by atoms with Crippen LogP contribution in [0.2, 0.25) is 0 Å². The van der Waals surface area contributed by atoms with Gasteiger partial charge in [0.2, 0.25) is 0 Å². The smallest absolute Gasteiger partial charge is 0.0345 e. The molecule has 2 aromatic rings. The van der Waals surface area contributed by atoms with Crippen molar-refractivity contribution >= 4 is 21.4 Å². The molecule has 1 aromatic heterocycles. The van der Waals surface area contributed by atoms with Crippen molar-refractivity contribution in [3.05, 3.63) is 35.2 Å². The lowest BCUT2D eigenvalue weighted by Crippen LogP contribution is -2.25. The molecule has 0 radical (unpaired) electrons. The number of nitrogens with zero attached hydrogens (tertiary/aromatic N) is 1. The van der Waals surface area contributed by atoms with Crippen molar-refractivity contribution in [1.82, 2.24) is 4.90 Å². The molecule has 1 nitrogen and oxygen atoms in total. The summed E-state index contributed by atoms with van der Waals surface area (Å²) in [5, 5.41) is 3.88. The van der Waals surface area contributed by atoms with Gasteiger partial charge in [0.15, 0.2) is 0 Å². The Balaban J connectivity index is 1.74. The fourth-order valence-electron chi connectivity index (χ4n) is 2.93. The molecule has 96 valence electrons. The molecule has 3 rings (SSSR count). The van der Waals surface area contributed by atoms with Crippen LogP contribution >= 0.6 is 11.3 Å². The average molecular weight is 259 g/mol. The second kappa shape index (κ2) is 5.02. The number of fused-ring (bicyclic) bond motifs is 1. The molecule has 2 unspecified atom stereocenters. The van der Waals surface area contributed by atoms with Gasteiger partial charge in [-0.15, -0.1) is 11.3 Å². The van der Waals surface area contributed by atoms with E-state index < -0.39 is 0 Å². The Kier molecular flexibility index (Phi) is 3.40. The van der Waals surface area contributed by atoms with E-state index >= 15 is 0 Å².